The van der Waals surface area contributed by atoms with Gasteiger partial charge in [-0.3, -0.25) is 9.69 Å². The third kappa shape index (κ3) is 5.20. The molecule has 1 aromatic heterocycles. The fraction of sp³-hybridized carbons (Fsp3) is 0.360. The van der Waals surface area contributed by atoms with E-state index in [1.54, 1.807) is 11.8 Å². The first-order valence-electron chi connectivity index (χ1n) is 10.9. The maximum Gasteiger partial charge on any atom is 0.287 e. The number of para-hydroxylation sites is 1. The molecule has 0 aliphatic carbocycles. The summed E-state index contributed by atoms with van der Waals surface area (Å²) in [6.07, 6.45) is 1.87. The molecule has 0 amide bonds. The lowest BCUT2D eigenvalue weighted by molar-refractivity contribution is 0.249. The molecule has 5 nitrogen and oxygen atoms in total. The lowest BCUT2D eigenvalue weighted by Crippen LogP contribution is -2.46. The van der Waals surface area contributed by atoms with Gasteiger partial charge in [0.2, 0.25) is 0 Å². The summed E-state index contributed by atoms with van der Waals surface area (Å²) in [5, 5.41) is 4.84. The zero-order valence-corrected chi connectivity index (χ0v) is 19.3. The summed E-state index contributed by atoms with van der Waals surface area (Å²) in [5.41, 5.74) is 4.39. The van der Waals surface area contributed by atoms with E-state index in [1.807, 2.05) is 36.5 Å². The number of piperazine rings is 1. The van der Waals surface area contributed by atoms with Gasteiger partial charge in [-0.05, 0) is 24.6 Å². The average molecular weight is 435 g/mol. The molecule has 6 heteroatoms. The maximum absolute atomic E-state index is 13.3. The number of aryl methyl sites for hydroxylation is 1. The Morgan fingerprint density at radius 3 is 2.42 bits per heavy atom. The third-order valence-corrected chi connectivity index (χ3v) is 6.56. The van der Waals surface area contributed by atoms with Gasteiger partial charge in [0, 0.05) is 38.0 Å². The van der Waals surface area contributed by atoms with Gasteiger partial charge in [-0.15, -0.1) is 11.8 Å². The lowest BCUT2D eigenvalue weighted by atomic mass is 10.1. The number of hydrogen-bond acceptors (Lipinski definition) is 5. The molecule has 0 N–H and O–H groups in total. The lowest BCUT2D eigenvalue weighted by Gasteiger charge is -2.36. The molecule has 162 valence electrons. The van der Waals surface area contributed by atoms with Crippen molar-refractivity contribution in [2.24, 2.45) is 0 Å². The van der Waals surface area contributed by atoms with Crippen LogP contribution in [0.15, 0.2) is 70.5 Å². The molecule has 2 heterocycles. The monoisotopic (exact) mass is 434 g/mol. The predicted octanol–water partition coefficient (Wildman–Crippen LogP) is 4.36. The van der Waals surface area contributed by atoms with E-state index in [0.29, 0.717) is 5.25 Å². The summed E-state index contributed by atoms with van der Waals surface area (Å²) in [4.78, 5) is 18.9. The van der Waals surface area contributed by atoms with Crippen LogP contribution in [0.2, 0.25) is 0 Å². The van der Waals surface area contributed by atoms with Crippen LogP contribution in [0, 0.1) is 6.92 Å². The van der Waals surface area contributed by atoms with Crippen molar-refractivity contribution in [3.8, 4) is 5.69 Å². The Morgan fingerprint density at radius 1 is 1.00 bits per heavy atom. The van der Waals surface area contributed by atoms with Crippen molar-refractivity contribution in [2.75, 3.05) is 31.1 Å². The molecule has 0 bridgehead atoms. The average Bonchev–Trinajstić information content (AvgIpc) is 2.76. The van der Waals surface area contributed by atoms with E-state index in [-0.39, 0.29) is 5.56 Å². The molecule has 3 aromatic rings. The second kappa shape index (κ2) is 9.71. The van der Waals surface area contributed by atoms with Gasteiger partial charge in [0.25, 0.3) is 5.56 Å². The van der Waals surface area contributed by atoms with Gasteiger partial charge in [-0.1, -0.05) is 61.9 Å². The minimum atomic E-state index is -0.0374. The molecule has 0 radical (unpaired) electrons. The predicted molar refractivity (Wildman–Crippen MR) is 129 cm³/mol. The summed E-state index contributed by atoms with van der Waals surface area (Å²) in [5.74, 6) is 0. The van der Waals surface area contributed by atoms with Gasteiger partial charge >= 0.3 is 0 Å². The van der Waals surface area contributed by atoms with E-state index in [1.165, 1.54) is 15.8 Å². The van der Waals surface area contributed by atoms with E-state index in [4.69, 9.17) is 0 Å². The maximum atomic E-state index is 13.3. The zero-order valence-electron chi connectivity index (χ0n) is 18.5. The molecule has 4 rings (SSSR count). The van der Waals surface area contributed by atoms with Crippen LogP contribution in [0.3, 0.4) is 0 Å². The van der Waals surface area contributed by atoms with Crippen LogP contribution in [0.25, 0.3) is 5.69 Å². The van der Waals surface area contributed by atoms with Gasteiger partial charge in [0.05, 0.1) is 22.5 Å². The first kappa shape index (κ1) is 21.7. The topological polar surface area (TPSA) is 41.4 Å². The van der Waals surface area contributed by atoms with E-state index in [2.05, 4.69) is 59.9 Å². The van der Waals surface area contributed by atoms with Gasteiger partial charge in [0.15, 0.2) is 0 Å². The Hall–Kier alpha value is -2.57. The number of aromatic nitrogens is 2. The summed E-state index contributed by atoms with van der Waals surface area (Å²) < 4.78 is 1.52. The second-order valence-corrected chi connectivity index (χ2v) is 9.92. The molecule has 0 unspecified atom stereocenters. The van der Waals surface area contributed by atoms with Crippen LogP contribution in [-0.4, -0.2) is 46.1 Å². The molecule has 1 fully saturated rings. The minimum Gasteiger partial charge on any atom is -0.367 e. The fourth-order valence-corrected chi connectivity index (χ4v) is 4.93. The number of nitrogens with zero attached hydrogens (tertiary/aromatic N) is 4. The van der Waals surface area contributed by atoms with Crippen LogP contribution in [0.4, 0.5) is 5.69 Å². The van der Waals surface area contributed by atoms with Crippen molar-refractivity contribution in [3.63, 3.8) is 0 Å². The summed E-state index contributed by atoms with van der Waals surface area (Å²) in [6, 6.07) is 18.4. The smallest absolute Gasteiger partial charge is 0.287 e. The normalized spacial score (nSPS) is 14.9. The van der Waals surface area contributed by atoms with Crippen LogP contribution in [-0.2, 0) is 6.54 Å². The van der Waals surface area contributed by atoms with Gasteiger partial charge in [-0.25, -0.2) is 0 Å². The molecule has 0 saturated carbocycles. The number of hydrogen-bond donors (Lipinski definition) is 0. The third-order valence-electron chi connectivity index (χ3n) is 5.47. The molecule has 31 heavy (non-hydrogen) atoms. The summed E-state index contributed by atoms with van der Waals surface area (Å²) >= 11 is 1.63. The first-order chi connectivity index (χ1) is 15.0. The van der Waals surface area contributed by atoms with Crippen molar-refractivity contribution in [1.29, 1.82) is 0 Å². The minimum absolute atomic E-state index is 0.0374. The van der Waals surface area contributed by atoms with Crippen molar-refractivity contribution < 1.29 is 0 Å². The van der Waals surface area contributed by atoms with Gasteiger partial charge in [0.1, 0.15) is 0 Å². The van der Waals surface area contributed by atoms with Crippen LogP contribution < -0.4 is 10.5 Å². The number of benzene rings is 2. The van der Waals surface area contributed by atoms with Crippen molar-refractivity contribution in [2.45, 2.75) is 37.5 Å². The summed E-state index contributed by atoms with van der Waals surface area (Å²) in [6.45, 7) is 11.1. The number of anilines is 1. The highest BCUT2D eigenvalue weighted by Gasteiger charge is 2.23. The molecule has 0 spiro atoms. The Morgan fingerprint density at radius 2 is 1.74 bits per heavy atom. The molecule has 1 saturated heterocycles. The van der Waals surface area contributed by atoms with Gasteiger partial charge in [-0.2, -0.15) is 9.78 Å². The zero-order chi connectivity index (χ0) is 21.8. The summed E-state index contributed by atoms with van der Waals surface area (Å²) in [7, 11) is 0. The molecule has 1 aliphatic heterocycles. The molecule has 1 aliphatic rings. The van der Waals surface area contributed by atoms with Crippen LogP contribution in [0.5, 0.6) is 0 Å². The Bertz CT molecular complexity index is 1070. The van der Waals surface area contributed by atoms with Crippen LogP contribution >= 0.6 is 11.8 Å². The van der Waals surface area contributed by atoms with E-state index >= 15 is 0 Å². The molecular weight excluding hydrogens is 404 g/mol. The first-order valence-corrected chi connectivity index (χ1v) is 11.8. The van der Waals surface area contributed by atoms with Crippen molar-refractivity contribution in [1.82, 2.24) is 14.7 Å². The number of rotatable bonds is 6. The second-order valence-electron chi connectivity index (χ2n) is 8.33. The largest absolute Gasteiger partial charge is 0.367 e. The molecule has 2 aromatic carbocycles. The van der Waals surface area contributed by atoms with E-state index < -0.39 is 0 Å². The molecular formula is C25H30N4OS. The molecule has 0 atom stereocenters. The highest BCUT2D eigenvalue weighted by Crippen LogP contribution is 2.30. The van der Waals surface area contributed by atoms with Crippen molar-refractivity contribution in [3.05, 3.63) is 82.3 Å². The van der Waals surface area contributed by atoms with E-state index in [0.717, 1.165) is 49.0 Å². The Balaban J connectivity index is 1.54. The Labute approximate surface area is 188 Å². The Kier molecular flexibility index (Phi) is 6.78. The standard InChI is InChI=1S/C25H30N4OS/c1-19(2)31-24-23(17-26-29(25(24)30)22-10-5-4-6-11-22)28-14-12-27(13-15-28)18-21-9-7-8-20(3)16-21/h4-11,16-17,19H,12-15,18H2,1-3H3. The number of thioether (sulfide) groups is 1. The van der Waals surface area contributed by atoms with Gasteiger partial charge < -0.3 is 4.90 Å². The highest BCUT2D eigenvalue weighted by atomic mass is 32.2. The van der Waals surface area contributed by atoms with E-state index in [9.17, 15) is 4.79 Å². The highest BCUT2D eigenvalue weighted by molar-refractivity contribution is 8.00. The fourth-order valence-electron chi connectivity index (χ4n) is 3.97. The quantitative estimate of drug-likeness (QED) is 0.539. The van der Waals surface area contributed by atoms with Crippen LogP contribution in [0.1, 0.15) is 25.0 Å². The SMILES string of the molecule is Cc1cccc(CN2CCN(c3cnn(-c4ccccc4)c(=O)c3SC(C)C)CC2)c1. The van der Waals surface area contributed by atoms with Crippen molar-refractivity contribution >= 4 is 17.4 Å².